The number of para-hydroxylation sites is 1. The van der Waals surface area contributed by atoms with Crippen LogP contribution in [0.1, 0.15) is 58.7 Å². The van der Waals surface area contributed by atoms with E-state index in [4.69, 9.17) is 9.72 Å². The van der Waals surface area contributed by atoms with Gasteiger partial charge in [0.1, 0.15) is 11.5 Å². The van der Waals surface area contributed by atoms with Gasteiger partial charge in [-0.2, -0.15) is 0 Å². The van der Waals surface area contributed by atoms with Crippen molar-refractivity contribution in [1.82, 2.24) is 14.9 Å². The van der Waals surface area contributed by atoms with Gasteiger partial charge in [0.25, 0.3) is 0 Å². The number of hydrogen-bond donors (Lipinski definition) is 2. The quantitative estimate of drug-likeness (QED) is 0.181. The fourth-order valence-corrected chi connectivity index (χ4v) is 6.82. The van der Waals surface area contributed by atoms with Crippen LogP contribution < -0.4 is 5.32 Å². The molecule has 1 aliphatic heterocycles. The number of rotatable bonds is 10. The number of carboxylic acids is 1. The Morgan fingerprint density at radius 1 is 1.02 bits per heavy atom. The van der Waals surface area contributed by atoms with Crippen LogP contribution in [0.2, 0.25) is 0 Å². The van der Waals surface area contributed by atoms with Gasteiger partial charge < -0.3 is 19.7 Å². The summed E-state index contributed by atoms with van der Waals surface area (Å²) in [6, 6.07) is 23.0. The Labute approximate surface area is 262 Å². The predicted molar refractivity (Wildman–Crippen MR) is 173 cm³/mol. The van der Waals surface area contributed by atoms with Gasteiger partial charge in [-0.1, -0.05) is 60.7 Å². The van der Waals surface area contributed by atoms with E-state index in [-0.39, 0.29) is 36.5 Å². The molecular weight excluding hydrogens is 569 g/mol. The third-order valence-electron chi connectivity index (χ3n) is 9.18. The van der Waals surface area contributed by atoms with Gasteiger partial charge in [-0.05, 0) is 73.4 Å². The number of benzene rings is 3. The van der Waals surface area contributed by atoms with E-state index in [2.05, 4.69) is 41.1 Å². The van der Waals surface area contributed by atoms with Crippen LogP contribution in [0.5, 0.6) is 0 Å². The van der Waals surface area contributed by atoms with Crippen molar-refractivity contribution in [1.29, 1.82) is 0 Å². The Balaban J connectivity index is 1.30. The molecule has 3 aromatic carbocycles. The van der Waals surface area contributed by atoms with E-state index in [9.17, 15) is 19.1 Å². The summed E-state index contributed by atoms with van der Waals surface area (Å²) < 4.78 is 22.1. The van der Waals surface area contributed by atoms with Crippen molar-refractivity contribution in [2.75, 3.05) is 13.2 Å². The molecule has 0 radical (unpaired) electrons. The van der Waals surface area contributed by atoms with E-state index in [1.54, 1.807) is 18.2 Å². The van der Waals surface area contributed by atoms with E-state index < -0.39 is 5.97 Å². The molecule has 0 saturated carbocycles. The summed E-state index contributed by atoms with van der Waals surface area (Å²) >= 11 is 0. The highest BCUT2D eigenvalue weighted by Gasteiger charge is 2.31. The molecule has 232 valence electrons. The number of aromatic nitrogens is 2. The molecule has 1 aliphatic rings. The van der Waals surface area contributed by atoms with Crippen molar-refractivity contribution < 1.29 is 23.8 Å². The Kier molecular flexibility index (Phi) is 8.94. The molecule has 1 saturated heterocycles. The van der Waals surface area contributed by atoms with Crippen LogP contribution in [-0.2, 0) is 33.8 Å². The van der Waals surface area contributed by atoms with Crippen LogP contribution in [-0.4, -0.2) is 39.7 Å². The molecule has 2 N–H and O–H groups in total. The fourth-order valence-electron chi connectivity index (χ4n) is 6.82. The second kappa shape index (κ2) is 13.2. The smallest absolute Gasteiger partial charge is 0.303 e. The van der Waals surface area contributed by atoms with Crippen LogP contribution in [0.3, 0.4) is 0 Å². The van der Waals surface area contributed by atoms with Gasteiger partial charge >= 0.3 is 5.97 Å². The number of carboxylic acid groups (broad SMARTS) is 1. The normalized spacial score (nSPS) is 14.6. The van der Waals surface area contributed by atoms with Gasteiger partial charge in [-0.25, -0.2) is 9.37 Å². The molecule has 8 heteroatoms. The number of pyridine rings is 1. The number of fused-ring (bicyclic) bond motifs is 3. The standard InChI is InChI=1S/C37H38FN3O4/c1-23-29(15-16-33(42)43)24(2)40-36-34(23)30-8-4-6-10-32(30)41(36)22-25-11-13-26(14-12-25)35(27-17-19-45-20-18-27)37(44)39-21-28-7-3-5-9-31(28)38/h3-14,27,35H,15-22H2,1-2H3,(H,39,44)(H,42,43). The topological polar surface area (TPSA) is 93.5 Å². The Morgan fingerprint density at radius 3 is 2.47 bits per heavy atom. The lowest BCUT2D eigenvalue weighted by atomic mass is 9.80. The molecule has 0 bridgehead atoms. The van der Waals surface area contributed by atoms with E-state index in [1.165, 1.54) is 6.07 Å². The molecule has 1 unspecified atom stereocenters. The minimum Gasteiger partial charge on any atom is -0.481 e. The molecule has 5 aromatic rings. The maximum atomic E-state index is 14.2. The SMILES string of the molecule is Cc1nc2c(c(C)c1CCC(=O)O)c1ccccc1n2Cc1ccc(C(C(=O)NCc2ccccc2F)C2CCOCC2)cc1. The third kappa shape index (κ3) is 6.33. The van der Waals surface area contributed by atoms with Gasteiger partial charge in [0.15, 0.2) is 0 Å². The largest absolute Gasteiger partial charge is 0.481 e. The number of hydrogen-bond acceptors (Lipinski definition) is 4. The van der Waals surface area contributed by atoms with Crippen molar-refractivity contribution in [2.45, 2.75) is 58.5 Å². The maximum absolute atomic E-state index is 14.2. The zero-order valence-corrected chi connectivity index (χ0v) is 25.7. The molecular formula is C37H38FN3O4. The Hall–Kier alpha value is -4.56. The van der Waals surface area contributed by atoms with Crippen molar-refractivity contribution in [2.24, 2.45) is 5.92 Å². The number of halogens is 1. The highest BCUT2D eigenvalue weighted by Crippen LogP contribution is 2.35. The van der Waals surface area contributed by atoms with Gasteiger partial charge in [-0.15, -0.1) is 0 Å². The molecule has 7 nitrogen and oxygen atoms in total. The number of ether oxygens (including phenoxy) is 1. The molecule has 1 amide bonds. The molecule has 45 heavy (non-hydrogen) atoms. The molecule has 0 aliphatic carbocycles. The summed E-state index contributed by atoms with van der Waals surface area (Å²) in [5.41, 5.74) is 7.33. The maximum Gasteiger partial charge on any atom is 0.303 e. The number of nitrogens with one attached hydrogen (secondary N) is 1. The summed E-state index contributed by atoms with van der Waals surface area (Å²) in [5.74, 6) is -1.48. The highest BCUT2D eigenvalue weighted by atomic mass is 19.1. The summed E-state index contributed by atoms with van der Waals surface area (Å²) in [4.78, 5) is 29.9. The Bertz CT molecular complexity index is 1860. The lowest BCUT2D eigenvalue weighted by Gasteiger charge is -2.30. The van der Waals surface area contributed by atoms with Gasteiger partial charge in [-0.3, -0.25) is 9.59 Å². The third-order valence-corrected chi connectivity index (χ3v) is 9.18. The van der Waals surface area contributed by atoms with Crippen LogP contribution in [0.25, 0.3) is 21.9 Å². The molecule has 1 atom stereocenters. The molecule has 3 heterocycles. The highest BCUT2D eigenvalue weighted by molar-refractivity contribution is 6.08. The predicted octanol–water partition coefficient (Wildman–Crippen LogP) is 6.84. The summed E-state index contributed by atoms with van der Waals surface area (Å²) in [6.07, 6.45) is 2.09. The number of carbonyl (C=O) groups is 2. The summed E-state index contributed by atoms with van der Waals surface area (Å²) in [5, 5.41) is 14.4. The zero-order chi connectivity index (χ0) is 31.5. The van der Waals surface area contributed by atoms with Crippen LogP contribution in [0, 0.1) is 25.6 Å². The first-order valence-corrected chi connectivity index (χ1v) is 15.6. The first-order chi connectivity index (χ1) is 21.8. The molecule has 0 spiro atoms. The van der Waals surface area contributed by atoms with Crippen molar-refractivity contribution >= 4 is 33.8 Å². The first-order valence-electron chi connectivity index (χ1n) is 15.6. The summed E-state index contributed by atoms with van der Waals surface area (Å²) in [7, 11) is 0. The van der Waals surface area contributed by atoms with Crippen molar-refractivity contribution in [3.8, 4) is 0 Å². The number of nitrogens with zero attached hydrogens (tertiary/aromatic N) is 2. The second-order valence-electron chi connectivity index (χ2n) is 12.0. The molecule has 1 fully saturated rings. The molecule has 2 aromatic heterocycles. The van der Waals surface area contributed by atoms with E-state index in [0.29, 0.717) is 31.7 Å². The monoisotopic (exact) mass is 607 g/mol. The van der Waals surface area contributed by atoms with E-state index in [1.807, 2.05) is 31.2 Å². The first kappa shape index (κ1) is 30.5. The number of amides is 1. The number of aliphatic carboxylic acids is 1. The fraction of sp³-hybridized carbons (Fsp3) is 0.324. The van der Waals surface area contributed by atoms with Gasteiger partial charge in [0.05, 0.1) is 11.4 Å². The Morgan fingerprint density at radius 2 is 1.73 bits per heavy atom. The van der Waals surface area contributed by atoms with Gasteiger partial charge in [0, 0.05) is 54.8 Å². The van der Waals surface area contributed by atoms with E-state index >= 15 is 0 Å². The zero-order valence-electron chi connectivity index (χ0n) is 25.7. The van der Waals surface area contributed by atoms with Crippen molar-refractivity contribution in [3.63, 3.8) is 0 Å². The summed E-state index contributed by atoms with van der Waals surface area (Å²) in [6.45, 7) is 5.99. The van der Waals surface area contributed by atoms with E-state index in [0.717, 1.165) is 62.7 Å². The average Bonchev–Trinajstić information content (AvgIpc) is 3.34. The minimum atomic E-state index is -0.818. The number of aryl methyl sites for hydroxylation is 2. The minimum absolute atomic E-state index is 0.0654. The van der Waals surface area contributed by atoms with Crippen LogP contribution >= 0.6 is 0 Å². The van der Waals surface area contributed by atoms with Crippen molar-refractivity contribution in [3.05, 3.63) is 112 Å². The van der Waals surface area contributed by atoms with Crippen LogP contribution in [0.4, 0.5) is 4.39 Å². The number of carbonyl (C=O) groups excluding carboxylic acids is 1. The second-order valence-corrected chi connectivity index (χ2v) is 12.0. The lowest BCUT2D eigenvalue weighted by Crippen LogP contribution is -2.35. The van der Waals surface area contributed by atoms with Gasteiger partial charge in [0.2, 0.25) is 5.91 Å². The molecule has 6 rings (SSSR count). The lowest BCUT2D eigenvalue weighted by molar-refractivity contribution is -0.137. The van der Waals surface area contributed by atoms with Crippen LogP contribution in [0.15, 0.2) is 72.8 Å². The average molecular weight is 608 g/mol.